The first-order chi connectivity index (χ1) is 15.7. The molecule has 0 bridgehead atoms. The van der Waals surface area contributed by atoms with Gasteiger partial charge in [-0.1, -0.05) is 48.3 Å². The highest BCUT2D eigenvalue weighted by Crippen LogP contribution is 2.45. The number of benzene rings is 1. The number of nitrogens with zero attached hydrogens (tertiary/aromatic N) is 3. The Morgan fingerprint density at radius 1 is 1.18 bits per heavy atom. The van der Waals surface area contributed by atoms with Crippen molar-refractivity contribution in [3.63, 3.8) is 0 Å². The van der Waals surface area contributed by atoms with Crippen molar-refractivity contribution in [2.45, 2.75) is 38.5 Å². The van der Waals surface area contributed by atoms with Gasteiger partial charge in [0.25, 0.3) is 5.90 Å². The Balaban J connectivity index is 1.90. The smallest absolute Gasteiger partial charge is 0.254 e. The van der Waals surface area contributed by atoms with Crippen molar-refractivity contribution in [1.82, 2.24) is 9.55 Å². The Morgan fingerprint density at radius 2 is 1.88 bits per heavy atom. The Morgan fingerprint density at radius 3 is 2.45 bits per heavy atom. The van der Waals surface area contributed by atoms with Gasteiger partial charge in [0.2, 0.25) is 0 Å². The van der Waals surface area contributed by atoms with Crippen LogP contribution in [0.25, 0.3) is 0 Å². The third-order valence-corrected chi connectivity index (χ3v) is 6.53. The van der Waals surface area contributed by atoms with E-state index in [0.717, 1.165) is 5.57 Å². The minimum absolute atomic E-state index is 0.0634. The topological polar surface area (TPSA) is 68.9 Å². The van der Waals surface area contributed by atoms with Crippen molar-refractivity contribution in [3.8, 4) is 0 Å². The van der Waals surface area contributed by atoms with Crippen LogP contribution in [0.3, 0.4) is 0 Å². The first kappa shape index (κ1) is 23.6. The zero-order valence-corrected chi connectivity index (χ0v) is 20.7. The van der Waals surface area contributed by atoms with E-state index in [1.54, 1.807) is 36.3 Å². The van der Waals surface area contributed by atoms with Crippen LogP contribution in [0.2, 0.25) is 5.02 Å². The van der Waals surface area contributed by atoms with Crippen LogP contribution < -0.4 is 0 Å². The molecule has 33 heavy (non-hydrogen) atoms. The molecule has 6 nitrogen and oxygen atoms in total. The van der Waals surface area contributed by atoms with Crippen molar-refractivity contribution >= 4 is 29.1 Å². The van der Waals surface area contributed by atoms with E-state index in [-0.39, 0.29) is 18.1 Å². The van der Waals surface area contributed by atoms with Gasteiger partial charge in [0.1, 0.15) is 0 Å². The first-order valence-electron chi connectivity index (χ1n) is 10.7. The van der Waals surface area contributed by atoms with Gasteiger partial charge in [-0.3, -0.25) is 0 Å². The lowest BCUT2D eigenvalue weighted by atomic mass is 9.75. The molecule has 0 fully saturated rings. The van der Waals surface area contributed by atoms with Crippen LogP contribution in [0.1, 0.15) is 32.0 Å². The molecule has 0 saturated heterocycles. The summed E-state index contributed by atoms with van der Waals surface area (Å²) < 4.78 is 13.2. The molecule has 0 amide bonds. The molecule has 2 aromatic rings. The van der Waals surface area contributed by atoms with Gasteiger partial charge in [-0.15, -0.1) is 0 Å². The second kappa shape index (κ2) is 9.01. The molecule has 1 N–H and O–H groups in total. The molecule has 0 spiro atoms. The summed E-state index contributed by atoms with van der Waals surface area (Å²) in [6.45, 7) is 5.88. The van der Waals surface area contributed by atoms with Gasteiger partial charge < -0.3 is 19.1 Å². The van der Waals surface area contributed by atoms with Crippen LogP contribution in [0.5, 0.6) is 0 Å². The molecule has 0 radical (unpaired) electrons. The molecule has 1 aromatic heterocycles. The number of imidazole rings is 1. The van der Waals surface area contributed by atoms with Gasteiger partial charge in [0.15, 0.2) is 11.4 Å². The van der Waals surface area contributed by atoms with E-state index < -0.39 is 5.60 Å². The lowest BCUT2D eigenvalue weighted by molar-refractivity contribution is 0.115. The number of halogens is 2. The zero-order valence-electron chi connectivity index (χ0n) is 19.2. The molecule has 2 heterocycles. The number of aryl methyl sites for hydroxylation is 1. The lowest BCUT2D eigenvalue weighted by Gasteiger charge is -2.37. The summed E-state index contributed by atoms with van der Waals surface area (Å²) in [7, 11) is 3.40. The van der Waals surface area contributed by atoms with Gasteiger partial charge in [-0.25, -0.2) is 9.98 Å². The van der Waals surface area contributed by atoms with E-state index >= 15 is 0 Å². The zero-order chi connectivity index (χ0) is 23.9. The fourth-order valence-electron chi connectivity index (χ4n) is 4.32. The predicted octanol–water partition coefficient (Wildman–Crippen LogP) is 5.11. The van der Waals surface area contributed by atoms with Crippen LogP contribution in [0, 0.1) is 5.92 Å². The highest BCUT2D eigenvalue weighted by molar-refractivity contribution is 6.34. The molecule has 2 aliphatic rings. The number of methoxy groups -OCH3 is 1. The summed E-state index contributed by atoms with van der Waals surface area (Å²) >= 11 is 13.0. The highest BCUT2D eigenvalue weighted by atomic mass is 35.5. The Bertz CT molecular complexity index is 1180. The summed E-state index contributed by atoms with van der Waals surface area (Å²) in [6, 6.07) is 6.91. The summed E-state index contributed by atoms with van der Waals surface area (Å²) in [4.78, 5) is 9.01. The average Bonchev–Trinajstić information content (AvgIpc) is 3.21. The van der Waals surface area contributed by atoms with Crippen LogP contribution in [-0.4, -0.2) is 39.8 Å². The number of aliphatic imine (C=N–C) groups is 1. The highest BCUT2D eigenvalue weighted by Gasteiger charge is 2.42. The number of fused-ring (bicyclic) bond motifs is 1. The fourth-order valence-corrected chi connectivity index (χ4v) is 4.73. The fraction of sp³-hybridized carbons (Fsp3) is 0.360. The average molecular weight is 488 g/mol. The third kappa shape index (κ3) is 4.12. The summed E-state index contributed by atoms with van der Waals surface area (Å²) in [5.41, 5.74) is 1.25. The molecule has 3 atom stereocenters. The predicted molar refractivity (Wildman–Crippen MR) is 130 cm³/mol. The Labute approximate surface area is 203 Å². The molecule has 174 valence electrons. The van der Waals surface area contributed by atoms with Gasteiger partial charge in [-0.2, -0.15) is 0 Å². The largest absolute Gasteiger partial charge is 0.484 e. The number of aromatic nitrogens is 2. The van der Waals surface area contributed by atoms with E-state index in [0.29, 0.717) is 38.5 Å². The quantitative estimate of drug-likeness (QED) is 0.635. The second-order valence-corrected chi connectivity index (χ2v) is 9.40. The first-order valence-corrected chi connectivity index (χ1v) is 11.5. The molecule has 3 unspecified atom stereocenters. The number of hydrogen-bond acceptors (Lipinski definition) is 5. The minimum Gasteiger partial charge on any atom is -0.484 e. The molecule has 8 heteroatoms. The van der Waals surface area contributed by atoms with Crippen molar-refractivity contribution in [2.24, 2.45) is 18.0 Å². The van der Waals surface area contributed by atoms with Crippen LogP contribution in [0.15, 0.2) is 75.9 Å². The maximum absolute atomic E-state index is 12.3. The number of aliphatic hydroxyl groups is 1. The van der Waals surface area contributed by atoms with Gasteiger partial charge in [-0.05, 0) is 43.2 Å². The SMILES string of the molecule is COC1=NC2C(=CC(C(O)(c3ccc(Cl)cc3)c3cncn3C)=CC2C)C(Cl)=C1OC(C)C. The molecular weight excluding hydrogens is 461 g/mol. The molecule has 1 aliphatic heterocycles. The monoisotopic (exact) mass is 487 g/mol. The number of rotatable bonds is 5. The van der Waals surface area contributed by atoms with Crippen LogP contribution >= 0.6 is 23.2 Å². The summed E-state index contributed by atoms with van der Waals surface area (Å²) in [5, 5.41) is 13.3. The normalized spacial score (nSPS) is 22.3. The van der Waals surface area contributed by atoms with Crippen molar-refractivity contribution in [1.29, 1.82) is 0 Å². The molecule has 4 rings (SSSR count). The summed E-state index contributed by atoms with van der Waals surface area (Å²) in [6.07, 6.45) is 7.13. The molecule has 0 saturated carbocycles. The van der Waals surface area contributed by atoms with Crippen LogP contribution in [-0.2, 0) is 22.1 Å². The number of hydrogen-bond donors (Lipinski definition) is 1. The molecular formula is C25H27Cl2N3O3. The number of dihydropyridines is 1. The van der Waals surface area contributed by atoms with Gasteiger partial charge in [0.05, 0.1) is 42.5 Å². The lowest BCUT2D eigenvalue weighted by Crippen LogP contribution is -2.36. The van der Waals surface area contributed by atoms with Crippen LogP contribution in [0.4, 0.5) is 0 Å². The van der Waals surface area contributed by atoms with Crippen molar-refractivity contribution < 1.29 is 14.6 Å². The van der Waals surface area contributed by atoms with E-state index in [1.165, 1.54) is 0 Å². The maximum atomic E-state index is 12.3. The Kier molecular flexibility index (Phi) is 6.45. The van der Waals surface area contributed by atoms with E-state index in [4.69, 9.17) is 37.7 Å². The van der Waals surface area contributed by atoms with Crippen molar-refractivity contribution in [3.05, 3.63) is 87.2 Å². The molecule has 1 aliphatic carbocycles. The third-order valence-electron chi connectivity index (χ3n) is 5.89. The van der Waals surface area contributed by atoms with E-state index in [2.05, 4.69) is 4.98 Å². The van der Waals surface area contributed by atoms with E-state index in [9.17, 15) is 5.11 Å². The minimum atomic E-state index is -1.48. The maximum Gasteiger partial charge on any atom is 0.254 e. The molecule has 1 aromatic carbocycles. The standard InChI is InChI=1S/C25H27Cl2N3O3/c1-14(2)33-23-21(27)19-11-17(10-15(3)22(19)29-24(23)32-5)25(31,20-12-28-13-30(20)4)16-6-8-18(26)9-7-16/h6-15,22,31H,1-5H3. The van der Waals surface area contributed by atoms with E-state index in [1.807, 2.05) is 52.1 Å². The van der Waals surface area contributed by atoms with Crippen molar-refractivity contribution in [2.75, 3.05) is 7.11 Å². The summed E-state index contributed by atoms with van der Waals surface area (Å²) in [5.74, 6) is 0.714. The van der Waals surface area contributed by atoms with Gasteiger partial charge in [0, 0.05) is 23.6 Å². The Hall–Kier alpha value is -2.54. The van der Waals surface area contributed by atoms with Gasteiger partial charge >= 0.3 is 0 Å². The number of ether oxygens (including phenoxy) is 2. The second-order valence-electron chi connectivity index (χ2n) is 8.58.